The number of rotatable bonds is 8. The molecule has 39 heavy (non-hydrogen) atoms. The van der Waals surface area contributed by atoms with Crippen LogP contribution in [0.4, 0.5) is 23.4 Å². The Bertz CT molecular complexity index is 1650. The van der Waals surface area contributed by atoms with Crippen molar-refractivity contribution in [1.82, 2.24) is 19.3 Å². The summed E-state index contributed by atoms with van der Waals surface area (Å²) in [7, 11) is 0. The van der Waals surface area contributed by atoms with Gasteiger partial charge in [-0.1, -0.05) is 23.7 Å². The van der Waals surface area contributed by atoms with Crippen molar-refractivity contribution >= 4 is 28.8 Å². The van der Waals surface area contributed by atoms with Gasteiger partial charge in [0, 0.05) is 44.4 Å². The molecule has 1 aromatic carbocycles. The molecule has 0 bridgehead atoms. The number of aromatic hydroxyl groups is 1. The van der Waals surface area contributed by atoms with Gasteiger partial charge >= 0.3 is 6.18 Å². The number of hydrogen-bond acceptors (Lipinski definition) is 6. The lowest BCUT2D eigenvalue weighted by Gasteiger charge is -2.12. The summed E-state index contributed by atoms with van der Waals surface area (Å²) in [4.78, 5) is 41.8. The summed E-state index contributed by atoms with van der Waals surface area (Å²) in [5.41, 5.74) is -2.86. The quantitative estimate of drug-likeness (QED) is 0.221. The number of nitrogens with zero attached hydrogens (tertiary/aromatic N) is 3. The van der Waals surface area contributed by atoms with Gasteiger partial charge in [0.2, 0.25) is 5.43 Å². The first-order chi connectivity index (χ1) is 18.5. The molecule has 0 spiro atoms. The van der Waals surface area contributed by atoms with Crippen molar-refractivity contribution in [2.24, 2.45) is 0 Å². The molecule has 0 saturated heterocycles. The van der Waals surface area contributed by atoms with Gasteiger partial charge in [-0.25, -0.2) is 9.37 Å². The zero-order valence-corrected chi connectivity index (χ0v) is 20.7. The highest BCUT2D eigenvalue weighted by Crippen LogP contribution is 2.32. The first-order valence-corrected chi connectivity index (χ1v) is 11.8. The minimum atomic E-state index is -4.57. The number of nitrogens with one attached hydrogen (secondary N) is 2. The van der Waals surface area contributed by atoms with E-state index in [1.165, 1.54) is 41.2 Å². The van der Waals surface area contributed by atoms with Crippen LogP contribution in [0.1, 0.15) is 27.9 Å². The molecule has 4 rings (SSSR count). The lowest BCUT2D eigenvalue weighted by atomic mass is 10.2. The normalized spacial score (nSPS) is 11.5. The maximum atomic E-state index is 13.0. The number of pyridine rings is 2. The molecule has 3 N–H and O–H groups in total. The van der Waals surface area contributed by atoms with Crippen molar-refractivity contribution < 1.29 is 27.5 Å². The first-order valence-electron chi connectivity index (χ1n) is 11.4. The van der Waals surface area contributed by atoms with Gasteiger partial charge in [0.15, 0.2) is 11.3 Å². The molecule has 1 amide bonds. The molecule has 204 valence electrons. The Balaban J connectivity index is 1.44. The standard InChI is InChI=1S/C25H20ClF4N5O4/c26-18-10-15(25(28,29)30)12-32-22(18)31-6-1-7-34-8-9-35-13-17(20(36)21(37)19(35)24(34)39)23(38)33-11-14-2-4-16(27)5-3-14/h2-5,8-10,12-13,37H,1,6-7,11H2,(H,31,32)(H,33,38). The van der Waals surface area contributed by atoms with Gasteiger partial charge in [-0.2, -0.15) is 13.2 Å². The minimum absolute atomic E-state index is 0.00482. The number of hydrogen-bond donors (Lipinski definition) is 3. The van der Waals surface area contributed by atoms with Crippen molar-refractivity contribution in [1.29, 1.82) is 0 Å². The van der Waals surface area contributed by atoms with Crippen LogP contribution in [0.2, 0.25) is 5.02 Å². The fourth-order valence-electron chi connectivity index (χ4n) is 3.70. The smallest absolute Gasteiger partial charge is 0.417 e. The van der Waals surface area contributed by atoms with E-state index < -0.39 is 45.8 Å². The molecular formula is C25H20ClF4N5O4. The molecule has 3 heterocycles. The summed E-state index contributed by atoms with van der Waals surface area (Å²) < 4.78 is 53.7. The fourth-order valence-corrected chi connectivity index (χ4v) is 3.93. The van der Waals surface area contributed by atoms with Crippen LogP contribution < -0.4 is 21.6 Å². The van der Waals surface area contributed by atoms with E-state index in [1.807, 2.05) is 0 Å². The van der Waals surface area contributed by atoms with E-state index in [-0.39, 0.29) is 36.0 Å². The van der Waals surface area contributed by atoms with Crippen LogP contribution in [0.5, 0.6) is 5.75 Å². The summed E-state index contributed by atoms with van der Waals surface area (Å²) >= 11 is 5.86. The summed E-state index contributed by atoms with van der Waals surface area (Å²) in [5.74, 6) is -2.09. The van der Waals surface area contributed by atoms with Gasteiger partial charge in [0.25, 0.3) is 11.5 Å². The van der Waals surface area contributed by atoms with E-state index in [0.717, 1.165) is 16.7 Å². The molecule has 0 fully saturated rings. The molecule has 0 saturated carbocycles. The van der Waals surface area contributed by atoms with Crippen LogP contribution in [0.3, 0.4) is 0 Å². The van der Waals surface area contributed by atoms with Gasteiger partial charge in [0.1, 0.15) is 17.2 Å². The third-order valence-corrected chi connectivity index (χ3v) is 6.02. The lowest BCUT2D eigenvalue weighted by Crippen LogP contribution is -2.31. The number of alkyl halides is 3. The number of fused-ring (bicyclic) bond motifs is 1. The number of carbonyl (C=O) groups is 1. The van der Waals surface area contributed by atoms with Crippen LogP contribution in [0.25, 0.3) is 5.52 Å². The van der Waals surface area contributed by atoms with Crippen molar-refractivity contribution in [3.63, 3.8) is 0 Å². The topological polar surface area (TPSA) is 118 Å². The van der Waals surface area contributed by atoms with Crippen molar-refractivity contribution in [3.05, 3.63) is 103 Å². The van der Waals surface area contributed by atoms with Crippen LogP contribution >= 0.6 is 11.6 Å². The van der Waals surface area contributed by atoms with Gasteiger partial charge < -0.3 is 24.7 Å². The fraction of sp³-hybridized carbons (Fsp3) is 0.200. The second kappa shape index (κ2) is 11.2. The number of anilines is 1. The zero-order chi connectivity index (χ0) is 28.3. The highest BCUT2D eigenvalue weighted by molar-refractivity contribution is 6.32. The van der Waals surface area contributed by atoms with E-state index in [0.29, 0.717) is 18.2 Å². The van der Waals surface area contributed by atoms with E-state index in [9.17, 15) is 37.1 Å². The van der Waals surface area contributed by atoms with E-state index in [2.05, 4.69) is 15.6 Å². The number of aryl methyl sites for hydroxylation is 1. The number of carbonyl (C=O) groups excluding carboxylic acids is 1. The zero-order valence-electron chi connectivity index (χ0n) is 19.9. The van der Waals surface area contributed by atoms with Gasteiger partial charge in [-0.3, -0.25) is 14.4 Å². The van der Waals surface area contributed by atoms with E-state index in [1.54, 1.807) is 0 Å². The molecule has 0 aliphatic carbocycles. The van der Waals surface area contributed by atoms with Crippen LogP contribution in [0, 0.1) is 5.82 Å². The van der Waals surface area contributed by atoms with Crippen LogP contribution in [0.15, 0.2) is 64.7 Å². The molecule has 14 heteroatoms. The molecule has 0 radical (unpaired) electrons. The van der Waals surface area contributed by atoms with E-state index in [4.69, 9.17) is 11.6 Å². The lowest BCUT2D eigenvalue weighted by molar-refractivity contribution is -0.137. The molecular weight excluding hydrogens is 546 g/mol. The Morgan fingerprint density at radius 2 is 1.85 bits per heavy atom. The number of amides is 1. The van der Waals surface area contributed by atoms with Crippen molar-refractivity contribution in [2.45, 2.75) is 25.7 Å². The number of benzene rings is 1. The molecule has 0 atom stereocenters. The SMILES string of the molecule is O=C(NCc1ccc(F)cc1)c1cn2ccn(CCCNc3ncc(C(F)(F)F)cc3Cl)c(=O)c2c(O)c1=O. The number of halogens is 5. The van der Waals surface area contributed by atoms with Crippen molar-refractivity contribution in [3.8, 4) is 5.75 Å². The Morgan fingerprint density at radius 1 is 1.13 bits per heavy atom. The second-order valence-electron chi connectivity index (χ2n) is 8.41. The molecule has 4 aromatic rings. The van der Waals surface area contributed by atoms with Gasteiger partial charge in [-0.15, -0.1) is 0 Å². The molecule has 0 aliphatic heterocycles. The Kier molecular flexibility index (Phi) is 7.90. The summed E-state index contributed by atoms with van der Waals surface area (Å²) in [5, 5.41) is 15.5. The van der Waals surface area contributed by atoms with Crippen LogP contribution in [-0.2, 0) is 19.3 Å². The average molecular weight is 566 g/mol. The monoisotopic (exact) mass is 565 g/mol. The predicted octanol–water partition coefficient (Wildman–Crippen LogP) is 3.81. The minimum Gasteiger partial charge on any atom is -0.503 e. The first kappa shape index (κ1) is 27.6. The summed E-state index contributed by atoms with van der Waals surface area (Å²) in [6, 6.07) is 6.13. The Hall–Kier alpha value is -4.39. The van der Waals surface area contributed by atoms with Crippen LogP contribution in [-0.4, -0.2) is 31.5 Å². The maximum absolute atomic E-state index is 13.0. The third kappa shape index (κ3) is 6.20. The Morgan fingerprint density at radius 3 is 2.51 bits per heavy atom. The Labute approximate surface area is 222 Å². The predicted molar refractivity (Wildman–Crippen MR) is 135 cm³/mol. The largest absolute Gasteiger partial charge is 0.503 e. The molecule has 0 aliphatic rings. The summed E-state index contributed by atoms with van der Waals surface area (Å²) in [6.45, 7) is 0.320. The highest BCUT2D eigenvalue weighted by Gasteiger charge is 2.31. The molecule has 9 nitrogen and oxygen atoms in total. The van der Waals surface area contributed by atoms with Gasteiger partial charge in [0.05, 0.1) is 10.6 Å². The second-order valence-corrected chi connectivity index (χ2v) is 8.82. The summed E-state index contributed by atoms with van der Waals surface area (Å²) in [6.07, 6.45) is 0.290. The third-order valence-electron chi connectivity index (χ3n) is 5.73. The van der Waals surface area contributed by atoms with Crippen molar-refractivity contribution in [2.75, 3.05) is 11.9 Å². The molecule has 0 unspecified atom stereocenters. The van der Waals surface area contributed by atoms with Gasteiger partial charge in [-0.05, 0) is 30.2 Å². The maximum Gasteiger partial charge on any atom is 0.417 e. The van der Waals surface area contributed by atoms with E-state index >= 15 is 0 Å². The number of aromatic nitrogens is 3. The average Bonchev–Trinajstić information content (AvgIpc) is 2.89. The highest BCUT2D eigenvalue weighted by atomic mass is 35.5. The molecule has 3 aromatic heterocycles.